The van der Waals surface area contributed by atoms with Crippen molar-refractivity contribution in [2.24, 2.45) is 0 Å². The molecule has 0 radical (unpaired) electrons. The highest BCUT2D eigenvalue weighted by atomic mass is 32.2. The fraction of sp³-hybridized carbons (Fsp3) is 0.269. The normalized spacial score (nSPS) is 14.8. The summed E-state index contributed by atoms with van der Waals surface area (Å²) in [6.45, 7) is 3.32. The monoisotopic (exact) mass is 464 g/mol. The minimum absolute atomic E-state index is 0.0267. The predicted octanol–water partition coefficient (Wildman–Crippen LogP) is 4.31. The Bertz CT molecular complexity index is 1220. The van der Waals surface area contributed by atoms with Crippen molar-refractivity contribution in [1.29, 1.82) is 0 Å². The van der Waals surface area contributed by atoms with Crippen molar-refractivity contribution in [3.8, 4) is 5.75 Å². The van der Waals surface area contributed by atoms with Gasteiger partial charge in [0.2, 0.25) is 10.0 Å². The van der Waals surface area contributed by atoms with Gasteiger partial charge in [-0.25, -0.2) is 8.42 Å². The second-order valence-corrected chi connectivity index (χ2v) is 9.95. The van der Waals surface area contributed by atoms with Gasteiger partial charge in [-0.05, 0) is 49.1 Å². The van der Waals surface area contributed by atoms with Gasteiger partial charge in [-0.1, -0.05) is 60.2 Å². The average Bonchev–Trinajstić information content (AvgIpc) is 3.38. The first-order chi connectivity index (χ1) is 15.9. The average molecular weight is 465 g/mol. The summed E-state index contributed by atoms with van der Waals surface area (Å²) in [6, 6.07) is 21.1. The van der Waals surface area contributed by atoms with Gasteiger partial charge < -0.3 is 9.64 Å². The number of benzene rings is 3. The van der Waals surface area contributed by atoms with E-state index in [1.54, 1.807) is 11.0 Å². The number of rotatable bonds is 7. The van der Waals surface area contributed by atoms with Crippen LogP contribution in [-0.2, 0) is 10.0 Å². The van der Waals surface area contributed by atoms with Crippen LogP contribution in [-0.4, -0.2) is 39.4 Å². The quantitative estimate of drug-likeness (QED) is 0.565. The number of carbonyl (C=O) groups is 1. The number of sulfonamides is 1. The molecule has 0 spiro atoms. The summed E-state index contributed by atoms with van der Waals surface area (Å²) in [5.41, 5.74) is 3.01. The predicted molar refractivity (Wildman–Crippen MR) is 128 cm³/mol. The zero-order valence-corrected chi connectivity index (χ0v) is 19.6. The van der Waals surface area contributed by atoms with E-state index in [2.05, 4.69) is 4.72 Å². The number of carbonyl (C=O) groups excluding carboxylic acids is 1. The Morgan fingerprint density at radius 3 is 2.21 bits per heavy atom. The number of likely N-dealkylation sites (tertiary alicyclic amines) is 1. The molecule has 6 nitrogen and oxygen atoms in total. The molecule has 0 bridgehead atoms. The van der Waals surface area contributed by atoms with Crippen LogP contribution in [0.5, 0.6) is 5.75 Å². The molecule has 172 valence electrons. The highest BCUT2D eigenvalue weighted by Crippen LogP contribution is 2.28. The summed E-state index contributed by atoms with van der Waals surface area (Å²) in [4.78, 5) is 14.8. The second-order valence-electron chi connectivity index (χ2n) is 8.24. The van der Waals surface area contributed by atoms with Crippen LogP contribution in [0.4, 0.5) is 0 Å². The Hall–Kier alpha value is -3.16. The maximum Gasteiger partial charge on any atom is 0.257 e. The molecular weight excluding hydrogens is 436 g/mol. The Balaban J connectivity index is 1.71. The van der Waals surface area contributed by atoms with E-state index in [1.807, 2.05) is 61.5 Å². The minimum atomic E-state index is -3.95. The third kappa shape index (κ3) is 5.10. The van der Waals surface area contributed by atoms with Gasteiger partial charge in [0.15, 0.2) is 0 Å². The van der Waals surface area contributed by atoms with Crippen LogP contribution >= 0.6 is 0 Å². The summed E-state index contributed by atoms with van der Waals surface area (Å²) >= 11 is 0. The first-order valence-electron chi connectivity index (χ1n) is 11.0. The zero-order valence-electron chi connectivity index (χ0n) is 18.8. The molecule has 1 atom stereocenters. The first kappa shape index (κ1) is 23.0. The summed E-state index contributed by atoms with van der Waals surface area (Å²) < 4.78 is 35.2. The molecule has 1 fully saturated rings. The maximum absolute atomic E-state index is 13.5. The standard InChI is InChI=1S/C26H28N2O4S/c1-19-10-12-21(13-11-19)25(20-8-4-3-5-9-20)27-33(30,31)22-14-15-24(32-2)23(18-22)26(29)28-16-6-7-17-28/h3-5,8-15,18,25,27H,6-7,16-17H2,1-2H3/t25-/m0/s1. The fourth-order valence-corrected chi connectivity index (χ4v) is 5.31. The van der Waals surface area contributed by atoms with Crippen molar-refractivity contribution in [2.75, 3.05) is 20.2 Å². The number of hydrogen-bond donors (Lipinski definition) is 1. The lowest BCUT2D eigenvalue weighted by atomic mass is 9.99. The van der Waals surface area contributed by atoms with Crippen molar-refractivity contribution >= 4 is 15.9 Å². The number of nitrogens with zero attached hydrogens (tertiary/aromatic N) is 1. The van der Waals surface area contributed by atoms with Crippen LogP contribution in [0.1, 0.15) is 45.9 Å². The summed E-state index contributed by atoms with van der Waals surface area (Å²) in [6.07, 6.45) is 1.89. The van der Waals surface area contributed by atoms with Crippen LogP contribution in [0.2, 0.25) is 0 Å². The molecule has 0 aliphatic carbocycles. The Labute approximate surface area is 195 Å². The lowest BCUT2D eigenvalue weighted by molar-refractivity contribution is 0.0789. The van der Waals surface area contributed by atoms with E-state index in [4.69, 9.17) is 4.74 Å². The molecule has 0 unspecified atom stereocenters. The zero-order chi connectivity index (χ0) is 23.4. The molecule has 7 heteroatoms. The first-order valence-corrected chi connectivity index (χ1v) is 12.5. The number of ether oxygens (including phenoxy) is 1. The van der Waals surface area contributed by atoms with Crippen molar-refractivity contribution < 1.29 is 17.9 Å². The molecule has 0 aromatic heterocycles. The van der Waals surface area contributed by atoms with E-state index in [9.17, 15) is 13.2 Å². The molecule has 3 aromatic rings. The van der Waals surface area contributed by atoms with E-state index >= 15 is 0 Å². The molecule has 1 aliphatic heterocycles. The van der Waals surface area contributed by atoms with Gasteiger partial charge in [-0.2, -0.15) is 4.72 Å². The molecule has 1 amide bonds. The Kier molecular flexibility index (Phi) is 6.81. The number of amides is 1. The molecule has 3 aromatic carbocycles. The maximum atomic E-state index is 13.5. The Morgan fingerprint density at radius 1 is 0.939 bits per heavy atom. The van der Waals surface area contributed by atoms with E-state index in [0.717, 1.165) is 29.5 Å². The van der Waals surface area contributed by atoms with Gasteiger partial charge in [0.1, 0.15) is 5.75 Å². The topological polar surface area (TPSA) is 75.7 Å². The number of aryl methyl sites for hydroxylation is 1. The number of hydrogen-bond acceptors (Lipinski definition) is 4. The van der Waals surface area contributed by atoms with Crippen LogP contribution < -0.4 is 9.46 Å². The van der Waals surface area contributed by atoms with E-state index in [-0.39, 0.29) is 16.4 Å². The van der Waals surface area contributed by atoms with Crippen LogP contribution in [0, 0.1) is 6.92 Å². The fourth-order valence-electron chi connectivity index (χ4n) is 4.07. The molecular formula is C26H28N2O4S. The molecule has 4 rings (SSSR count). The van der Waals surface area contributed by atoms with E-state index < -0.39 is 16.1 Å². The lowest BCUT2D eigenvalue weighted by Crippen LogP contribution is -2.31. The van der Waals surface area contributed by atoms with Gasteiger partial charge in [0.05, 0.1) is 23.6 Å². The van der Waals surface area contributed by atoms with Crippen molar-refractivity contribution in [3.05, 3.63) is 95.1 Å². The van der Waals surface area contributed by atoms with Gasteiger partial charge in [-0.3, -0.25) is 4.79 Å². The SMILES string of the molecule is COc1ccc(S(=O)(=O)N[C@@H](c2ccccc2)c2ccc(C)cc2)cc1C(=O)N1CCCC1. The summed E-state index contributed by atoms with van der Waals surface area (Å²) in [5.74, 6) is 0.156. The van der Waals surface area contributed by atoms with Gasteiger partial charge in [-0.15, -0.1) is 0 Å². The van der Waals surface area contributed by atoms with Gasteiger partial charge >= 0.3 is 0 Å². The third-order valence-electron chi connectivity index (χ3n) is 5.92. The van der Waals surface area contributed by atoms with Crippen molar-refractivity contribution in [3.63, 3.8) is 0 Å². The Morgan fingerprint density at radius 2 is 1.58 bits per heavy atom. The lowest BCUT2D eigenvalue weighted by Gasteiger charge is -2.21. The smallest absolute Gasteiger partial charge is 0.257 e. The van der Waals surface area contributed by atoms with E-state index in [1.165, 1.54) is 19.2 Å². The highest BCUT2D eigenvalue weighted by Gasteiger charge is 2.27. The summed E-state index contributed by atoms with van der Waals surface area (Å²) in [7, 11) is -2.47. The van der Waals surface area contributed by atoms with Crippen LogP contribution in [0.15, 0.2) is 77.7 Å². The number of methoxy groups -OCH3 is 1. The number of nitrogens with one attached hydrogen (secondary N) is 1. The highest BCUT2D eigenvalue weighted by molar-refractivity contribution is 7.89. The molecule has 1 N–H and O–H groups in total. The molecule has 1 saturated heterocycles. The molecule has 1 aliphatic rings. The second kappa shape index (κ2) is 9.77. The molecule has 1 heterocycles. The molecule has 33 heavy (non-hydrogen) atoms. The minimum Gasteiger partial charge on any atom is -0.496 e. The van der Waals surface area contributed by atoms with Crippen molar-refractivity contribution in [1.82, 2.24) is 9.62 Å². The van der Waals surface area contributed by atoms with E-state index in [0.29, 0.717) is 18.8 Å². The van der Waals surface area contributed by atoms with Gasteiger partial charge in [0.25, 0.3) is 5.91 Å². The van der Waals surface area contributed by atoms with Crippen LogP contribution in [0.25, 0.3) is 0 Å². The molecule has 0 saturated carbocycles. The van der Waals surface area contributed by atoms with Crippen LogP contribution in [0.3, 0.4) is 0 Å². The third-order valence-corrected chi connectivity index (χ3v) is 7.34. The summed E-state index contributed by atoms with van der Waals surface area (Å²) in [5, 5.41) is 0. The van der Waals surface area contributed by atoms with Gasteiger partial charge in [0, 0.05) is 13.1 Å². The van der Waals surface area contributed by atoms with Crippen molar-refractivity contribution in [2.45, 2.75) is 30.7 Å². The largest absolute Gasteiger partial charge is 0.496 e.